The second kappa shape index (κ2) is 7.96. The number of hydrogen-bond donors (Lipinski definition) is 0. The molecule has 1 saturated carbocycles. The molecule has 148 valence electrons. The fourth-order valence-corrected chi connectivity index (χ4v) is 4.24. The predicted molar refractivity (Wildman–Crippen MR) is 116 cm³/mol. The maximum atomic E-state index is 13.4. The lowest BCUT2D eigenvalue weighted by Crippen LogP contribution is -2.49. The molecule has 0 radical (unpaired) electrons. The summed E-state index contributed by atoms with van der Waals surface area (Å²) >= 11 is 0. The molecule has 2 aliphatic rings. The maximum absolute atomic E-state index is 13.4. The Kier molecular flexibility index (Phi) is 5.03. The van der Waals surface area contributed by atoms with Crippen molar-refractivity contribution in [2.45, 2.75) is 25.2 Å². The molecular formula is C25H27N3O. The van der Waals surface area contributed by atoms with Crippen LogP contribution in [0.25, 0.3) is 10.9 Å². The summed E-state index contributed by atoms with van der Waals surface area (Å²) in [5, 5.41) is 0.980. The SMILES string of the molecule is O=C(c1cc(C2CC2)nc2ccccc12)N1CCN(CCc2ccccc2)CC1. The largest absolute Gasteiger partial charge is 0.336 e. The van der Waals surface area contributed by atoms with Gasteiger partial charge in [0.2, 0.25) is 0 Å². The molecule has 1 aromatic heterocycles. The summed E-state index contributed by atoms with van der Waals surface area (Å²) in [5.41, 5.74) is 4.24. The molecule has 1 saturated heterocycles. The Balaban J connectivity index is 1.27. The van der Waals surface area contributed by atoms with Crippen LogP contribution >= 0.6 is 0 Å². The maximum Gasteiger partial charge on any atom is 0.254 e. The highest BCUT2D eigenvalue weighted by Crippen LogP contribution is 2.40. The van der Waals surface area contributed by atoms with Crippen LogP contribution in [0.2, 0.25) is 0 Å². The van der Waals surface area contributed by atoms with E-state index in [0.717, 1.165) is 61.3 Å². The van der Waals surface area contributed by atoms with Crippen molar-refractivity contribution in [3.63, 3.8) is 0 Å². The molecule has 0 N–H and O–H groups in total. The molecule has 4 nitrogen and oxygen atoms in total. The summed E-state index contributed by atoms with van der Waals surface area (Å²) < 4.78 is 0. The van der Waals surface area contributed by atoms with E-state index < -0.39 is 0 Å². The highest BCUT2D eigenvalue weighted by molar-refractivity contribution is 6.06. The molecular weight excluding hydrogens is 358 g/mol. The van der Waals surface area contributed by atoms with Crippen LogP contribution < -0.4 is 0 Å². The van der Waals surface area contributed by atoms with E-state index in [0.29, 0.717) is 5.92 Å². The molecule has 2 heterocycles. The molecule has 2 aromatic carbocycles. The number of piperazine rings is 1. The minimum absolute atomic E-state index is 0.160. The Bertz CT molecular complexity index is 1010. The van der Waals surface area contributed by atoms with Gasteiger partial charge in [0, 0.05) is 49.7 Å². The summed E-state index contributed by atoms with van der Waals surface area (Å²) in [7, 11) is 0. The molecule has 1 aliphatic heterocycles. The van der Waals surface area contributed by atoms with E-state index in [4.69, 9.17) is 4.98 Å². The predicted octanol–water partition coefficient (Wildman–Crippen LogP) is 4.11. The normalized spacial score (nSPS) is 17.6. The quantitative estimate of drug-likeness (QED) is 0.663. The van der Waals surface area contributed by atoms with E-state index in [2.05, 4.69) is 41.3 Å². The topological polar surface area (TPSA) is 36.4 Å². The number of hydrogen-bond acceptors (Lipinski definition) is 3. The van der Waals surface area contributed by atoms with Gasteiger partial charge in [0.25, 0.3) is 5.91 Å². The molecule has 1 aliphatic carbocycles. The lowest BCUT2D eigenvalue weighted by atomic mass is 10.0. The number of nitrogens with zero attached hydrogens (tertiary/aromatic N) is 3. The summed E-state index contributed by atoms with van der Waals surface area (Å²) in [6.45, 7) is 4.52. The van der Waals surface area contributed by atoms with Gasteiger partial charge in [0.15, 0.2) is 0 Å². The van der Waals surface area contributed by atoms with E-state index in [1.165, 1.54) is 18.4 Å². The number of carbonyl (C=O) groups is 1. The van der Waals surface area contributed by atoms with Gasteiger partial charge in [0.05, 0.1) is 11.1 Å². The van der Waals surface area contributed by atoms with Gasteiger partial charge in [-0.05, 0) is 37.0 Å². The van der Waals surface area contributed by atoms with Gasteiger partial charge in [-0.25, -0.2) is 0 Å². The highest BCUT2D eigenvalue weighted by atomic mass is 16.2. The van der Waals surface area contributed by atoms with Crippen molar-refractivity contribution in [1.29, 1.82) is 0 Å². The number of carbonyl (C=O) groups excluding carboxylic acids is 1. The Morgan fingerprint density at radius 3 is 2.41 bits per heavy atom. The molecule has 1 amide bonds. The standard InChI is InChI=1S/C25H27N3O/c29-25(22-18-24(20-10-11-20)26-23-9-5-4-8-21(22)23)28-16-14-27(15-17-28)13-12-19-6-2-1-3-7-19/h1-9,18,20H,10-17H2. The average Bonchev–Trinajstić information content (AvgIpc) is 3.63. The van der Waals surface area contributed by atoms with Gasteiger partial charge in [-0.2, -0.15) is 0 Å². The van der Waals surface area contributed by atoms with Crippen molar-refractivity contribution < 1.29 is 4.79 Å². The second-order valence-electron chi connectivity index (χ2n) is 8.26. The monoisotopic (exact) mass is 385 g/mol. The van der Waals surface area contributed by atoms with E-state index in [1.54, 1.807) is 0 Å². The number of rotatable bonds is 5. The third kappa shape index (κ3) is 4.03. The van der Waals surface area contributed by atoms with Crippen LogP contribution in [0.5, 0.6) is 0 Å². The van der Waals surface area contributed by atoms with Crippen LogP contribution in [-0.4, -0.2) is 53.4 Å². The number of benzene rings is 2. The number of fused-ring (bicyclic) bond motifs is 1. The van der Waals surface area contributed by atoms with Crippen molar-refractivity contribution in [3.8, 4) is 0 Å². The van der Waals surface area contributed by atoms with Gasteiger partial charge >= 0.3 is 0 Å². The molecule has 2 fully saturated rings. The Hall–Kier alpha value is -2.72. The molecule has 3 aromatic rings. The van der Waals surface area contributed by atoms with E-state index in [9.17, 15) is 4.79 Å². The molecule has 0 bridgehead atoms. The summed E-state index contributed by atoms with van der Waals surface area (Å²) in [6, 6.07) is 20.8. The van der Waals surface area contributed by atoms with Gasteiger partial charge in [-0.1, -0.05) is 48.5 Å². The zero-order valence-corrected chi connectivity index (χ0v) is 16.8. The Morgan fingerprint density at radius 2 is 1.66 bits per heavy atom. The minimum atomic E-state index is 0.160. The van der Waals surface area contributed by atoms with Crippen molar-refractivity contribution >= 4 is 16.8 Å². The first-order valence-electron chi connectivity index (χ1n) is 10.7. The number of para-hydroxylation sites is 1. The van der Waals surface area contributed by atoms with Crippen molar-refractivity contribution in [1.82, 2.24) is 14.8 Å². The first kappa shape index (κ1) is 18.3. The van der Waals surface area contributed by atoms with E-state index in [1.807, 2.05) is 29.2 Å². The van der Waals surface area contributed by atoms with Crippen LogP contribution in [0.15, 0.2) is 60.7 Å². The fraction of sp³-hybridized carbons (Fsp3) is 0.360. The lowest BCUT2D eigenvalue weighted by Gasteiger charge is -2.35. The number of aromatic nitrogens is 1. The number of pyridine rings is 1. The molecule has 0 spiro atoms. The Morgan fingerprint density at radius 1 is 0.931 bits per heavy atom. The van der Waals surface area contributed by atoms with Gasteiger partial charge in [0.1, 0.15) is 0 Å². The first-order valence-corrected chi connectivity index (χ1v) is 10.7. The van der Waals surface area contributed by atoms with Gasteiger partial charge in [-0.3, -0.25) is 14.7 Å². The Labute approximate surface area is 172 Å². The van der Waals surface area contributed by atoms with Crippen molar-refractivity contribution in [2.24, 2.45) is 0 Å². The molecule has 0 atom stereocenters. The summed E-state index contributed by atoms with van der Waals surface area (Å²) in [5.74, 6) is 0.703. The summed E-state index contributed by atoms with van der Waals surface area (Å²) in [6.07, 6.45) is 3.45. The smallest absolute Gasteiger partial charge is 0.254 e. The zero-order valence-electron chi connectivity index (χ0n) is 16.8. The first-order chi connectivity index (χ1) is 14.3. The zero-order chi connectivity index (χ0) is 19.6. The van der Waals surface area contributed by atoms with E-state index >= 15 is 0 Å². The van der Waals surface area contributed by atoms with Crippen LogP contribution in [0.1, 0.15) is 40.4 Å². The van der Waals surface area contributed by atoms with Crippen LogP contribution in [-0.2, 0) is 6.42 Å². The number of amides is 1. The van der Waals surface area contributed by atoms with E-state index in [-0.39, 0.29) is 5.91 Å². The van der Waals surface area contributed by atoms with Gasteiger partial charge < -0.3 is 4.90 Å². The highest BCUT2D eigenvalue weighted by Gasteiger charge is 2.29. The molecule has 5 rings (SSSR count). The molecule has 29 heavy (non-hydrogen) atoms. The van der Waals surface area contributed by atoms with Crippen LogP contribution in [0.3, 0.4) is 0 Å². The molecule has 0 unspecified atom stereocenters. The van der Waals surface area contributed by atoms with Crippen molar-refractivity contribution in [3.05, 3.63) is 77.5 Å². The third-order valence-corrected chi connectivity index (χ3v) is 6.18. The van der Waals surface area contributed by atoms with Crippen molar-refractivity contribution in [2.75, 3.05) is 32.7 Å². The third-order valence-electron chi connectivity index (χ3n) is 6.18. The molecule has 4 heteroatoms. The van der Waals surface area contributed by atoms with Crippen LogP contribution in [0, 0.1) is 0 Å². The summed E-state index contributed by atoms with van der Waals surface area (Å²) in [4.78, 5) is 22.7. The fourth-order valence-electron chi connectivity index (χ4n) is 4.24. The average molecular weight is 386 g/mol. The second-order valence-corrected chi connectivity index (χ2v) is 8.26. The minimum Gasteiger partial charge on any atom is -0.336 e. The lowest BCUT2D eigenvalue weighted by molar-refractivity contribution is 0.0640. The van der Waals surface area contributed by atoms with Gasteiger partial charge in [-0.15, -0.1) is 0 Å². The van der Waals surface area contributed by atoms with Crippen LogP contribution in [0.4, 0.5) is 0 Å².